The molecular formula is C19H23N3O3S. The predicted octanol–water partition coefficient (Wildman–Crippen LogP) is 2.05. The number of carbonyl (C=O) groups excluding carboxylic acids is 2. The van der Waals surface area contributed by atoms with Gasteiger partial charge in [-0.25, -0.2) is 4.98 Å². The summed E-state index contributed by atoms with van der Waals surface area (Å²) >= 11 is 1.59. The molecule has 7 heteroatoms. The van der Waals surface area contributed by atoms with Crippen molar-refractivity contribution >= 4 is 33.4 Å². The van der Waals surface area contributed by atoms with Crippen LogP contribution < -0.4 is 0 Å². The molecule has 2 aromatic rings. The van der Waals surface area contributed by atoms with Gasteiger partial charge in [-0.3, -0.25) is 9.59 Å². The molecule has 1 aromatic carbocycles. The van der Waals surface area contributed by atoms with Gasteiger partial charge in [0.25, 0.3) is 5.91 Å². The first-order valence-corrected chi connectivity index (χ1v) is 9.91. The van der Waals surface area contributed by atoms with Crippen molar-refractivity contribution in [3.05, 3.63) is 28.8 Å². The topological polar surface area (TPSA) is 73.7 Å². The normalized spacial score (nSPS) is 23.4. The quantitative estimate of drug-likeness (QED) is 0.894. The fourth-order valence-corrected chi connectivity index (χ4v) is 5.13. The molecule has 1 unspecified atom stereocenters. The van der Waals surface area contributed by atoms with Crippen LogP contribution in [-0.2, 0) is 4.79 Å². The highest BCUT2D eigenvalue weighted by molar-refractivity contribution is 7.18. The Morgan fingerprint density at radius 3 is 3.00 bits per heavy atom. The number of amides is 2. The van der Waals surface area contributed by atoms with Gasteiger partial charge in [0.05, 0.1) is 27.2 Å². The number of hydrogen-bond donors (Lipinski definition) is 1. The third-order valence-electron chi connectivity index (χ3n) is 5.58. The van der Waals surface area contributed by atoms with Gasteiger partial charge in [-0.15, -0.1) is 11.3 Å². The largest absolute Gasteiger partial charge is 0.395 e. The monoisotopic (exact) mass is 373 g/mol. The lowest BCUT2D eigenvalue weighted by molar-refractivity contribution is -0.146. The van der Waals surface area contributed by atoms with Crippen LogP contribution in [-0.4, -0.2) is 64.5 Å². The molecule has 26 heavy (non-hydrogen) atoms. The molecule has 2 aliphatic rings. The molecule has 2 aliphatic heterocycles. The summed E-state index contributed by atoms with van der Waals surface area (Å²) in [6.07, 6.45) is 2.46. The Morgan fingerprint density at radius 2 is 2.19 bits per heavy atom. The van der Waals surface area contributed by atoms with Crippen molar-refractivity contribution in [3.63, 3.8) is 0 Å². The minimum Gasteiger partial charge on any atom is -0.395 e. The van der Waals surface area contributed by atoms with E-state index in [1.165, 1.54) is 0 Å². The van der Waals surface area contributed by atoms with Crippen LogP contribution in [0.1, 0.15) is 34.6 Å². The zero-order valence-electron chi connectivity index (χ0n) is 14.9. The van der Waals surface area contributed by atoms with Gasteiger partial charge in [0.15, 0.2) is 0 Å². The molecule has 2 fully saturated rings. The number of carbonyl (C=O) groups is 2. The van der Waals surface area contributed by atoms with Crippen molar-refractivity contribution in [1.82, 2.24) is 14.8 Å². The second kappa shape index (κ2) is 6.63. The zero-order valence-corrected chi connectivity index (χ0v) is 15.7. The van der Waals surface area contributed by atoms with Gasteiger partial charge in [0.1, 0.15) is 0 Å². The van der Waals surface area contributed by atoms with E-state index in [1.54, 1.807) is 16.2 Å². The van der Waals surface area contributed by atoms with E-state index < -0.39 is 5.41 Å². The van der Waals surface area contributed by atoms with Gasteiger partial charge < -0.3 is 14.9 Å². The summed E-state index contributed by atoms with van der Waals surface area (Å²) in [5.74, 6) is 0.0866. The molecule has 138 valence electrons. The van der Waals surface area contributed by atoms with Gasteiger partial charge in [0, 0.05) is 31.7 Å². The highest BCUT2D eigenvalue weighted by Crippen LogP contribution is 2.40. The van der Waals surface area contributed by atoms with Crippen molar-refractivity contribution in [1.29, 1.82) is 0 Å². The van der Waals surface area contributed by atoms with Crippen LogP contribution in [0.2, 0.25) is 0 Å². The first kappa shape index (κ1) is 17.4. The molecule has 4 rings (SSSR count). The van der Waals surface area contributed by atoms with E-state index in [0.29, 0.717) is 38.2 Å². The van der Waals surface area contributed by atoms with E-state index in [9.17, 15) is 14.7 Å². The van der Waals surface area contributed by atoms with Crippen LogP contribution in [0.3, 0.4) is 0 Å². The Labute approximate surface area is 156 Å². The third-order valence-corrected chi connectivity index (χ3v) is 6.51. The number of piperidine rings is 1. The molecule has 0 aliphatic carbocycles. The predicted molar refractivity (Wildman–Crippen MR) is 100 cm³/mol. The van der Waals surface area contributed by atoms with E-state index in [2.05, 4.69) is 4.98 Å². The lowest BCUT2D eigenvalue weighted by Crippen LogP contribution is -2.51. The molecule has 0 radical (unpaired) electrons. The Balaban J connectivity index is 1.53. The summed E-state index contributed by atoms with van der Waals surface area (Å²) in [5.41, 5.74) is 1.12. The SMILES string of the molecule is Cc1nc2ccc(C(=O)N3CCC4(CCCN(CCO)C4=O)C3)cc2s1. The summed E-state index contributed by atoms with van der Waals surface area (Å²) in [6, 6.07) is 5.64. The van der Waals surface area contributed by atoms with Crippen molar-refractivity contribution in [2.75, 3.05) is 32.8 Å². The van der Waals surface area contributed by atoms with Gasteiger partial charge >= 0.3 is 0 Å². The summed E-state index contributed by atoms with van der Waals surface area (Å²) in [4.78, 5) is 33.9. The van der Waals surface area contributed by atoms with E-state index in [0.717, 1.165) is 28.1 Å². The number of fused-ring (bicyclic) bond motifs is 1. The number of aryl methyl sites for hydroxylation is 1. The van der Waals surface area contributed by atoms with Crippen LogP contribution in [0.15, 0.2) is 18.2 Å². The van der Waals surface area contributed by atoms with Crippen LogP contribution in [0.4, 0.5) is 0 Å². The molecule has 0 saturated carbocycles. The van der Waals surface area contributed by atoms with Gasteiger partial charge in [-0.2, -0.15) is 0 Å². The fraction of sp³-hybridized carbons (Fsp3) is 0.526. The van der Waals surface area contributed by atoms with Crippen LogP contribution in [0.5, 0.6) is 0 Å². The molecule has 3 heterocycles. The number of hydrogen-bond acceptors (Lipinski definition) is 5. The fourth-order valence-electron chi connectivity index (χ4n) is 4.27. The zero-order chi connectivity index (χ0) is 18.3. The molecule has 1 atom stereocenters. The van der Waals surface area contributed by atoms with Crippen LogP contribution in [0, 0.1) is 12.3 Å². The van der Waals surface area contributed by atoms with Gasteiger partial charge in [-0.05, 0) is 44.4 Å². The van der Waals surface area contributed by atoms with Crippen LogP contribution in [0.25, 0.3) is 10.2 Å². The number of likely N-dealkylation sites (tertiary alicyclic amines) is 2. The number of nitrogens with zero attached hydrogens (tertiary/aromatic N) is 3. The molecule has 1 spiro atoms. The average Bonchev–Trinajstić information content (AvgIpc) is 3.21. The van der Waals surface area contributed by atoms with E-state index in [4.69, 9.17) is 0 Å². The lowest BCUT2D eigenvalue weighted by atomic mass is 9.78. The maximum Gasteiger partial charge on any atom is 0.253 e. The molecule has 6 nitrogen and oxygen atoms in total. The number of rotatable bonds is 3. The molecule has 1 aromatic heterocycles. The first-order chi connectivity index (χ1) is 12.5. The smallest absolute Gasteiger partial charge is 0.253 e. The Hall–Kier alpha value is -1.99. The minimum absolute atomic E-state index is 0.0121. The second-order valence-corrected chi connectivity index (χ2v) is 8.53. The highest BCUT2D eigenvalue weighted by Gasteiger charge is 2.49. The number of thiazole rings is 1. The maximum atomic E-state index is 13.0. The Kier molecular flexibility index (Phi) is 4.44. The standard InChI is InChI=1S/C19H23N3O3S/c1-13-20-15-4-3-14(11-16(15)26-13)17(24)22-8-6-19(12-22)5-2-7-21(9-10-23)18(19)25/h3-4,11,23H,2,5-10,12H2,1H3. The van der Waals surface area contributed by atoms with Crippen molar-refractivity contribution in [2.24, 2.45) is 5.41 Å². The Morgan fingerprint density at radius 1 is 1.35 bits per heavy atom. The number of β-amino-alcohol motifs (C(OH)–C–C–N with tert-alkyl or cyclic N) is 1. The van der Waals surface area contributed by atoms with Crippen molar-refractivity contribution in [2.45, 2.75) is 26.2 Å². The lowest BCUT2D eigenvalue weighted by Gasteiger charge is -2.39. The van der Waals surface area contributed by atoms with Crippen molar-refractivity contribution < 1.29 is 14.7 Å². The van der Waals surface area contributed by atoms with Crippen LogP contribution >= 0.6 is 11.3 Å². The van der Waals surface area contributed by atoms with Gasteiger partial charge in [0.2, 0.25) is 5.91 Å². The number of aliphatic hydroxyl groups is 1. The molecule has 1 N–H and O–H groups in total. The summed E-state index contributed by atoms with van der Waals surface area (Å²) in [7, 11) is 0. The summed E-state index contributed by atoms with van der Waals surface area (Å²) in [6.45, 7) is 4.12. The highest BCUT2D eigenvalue weighted by atomic mass is 32.1. The summed E-state index contributed by atoms with van der Waals surface area (Å²) < 4.78 is 1.02. The average molecular weight is 373 g/mol. The number of benzene rings is 1. The van der Waals surface area contributed by atoms with Crippen molar-refractivity contribution in [3.8, 4) is 0 Å². The Bertz CT molecular complexity index is 863. The maximum absolute atomic E-state index is 13.0. The summed E-state index contributed by atoms with van der Waals surface area (Å²) in [5, 5.41) is 10.2. The number of aromatic nitrogens is 1. The first-order valence-electron chi connectivity index (χ1n) is 9.09. The van der Waals surface area contributed by atoms with E-state index >= 15 is 0 Å². The number of aliphatic hydroxyl groups excluding tert-OH is 1. The second-order valence-electron chi connectivity index (χ2n) is 7.29. The molecular weight excluding hydrogens is 350 g/mol. The van der Waals surface area contributed by atoms with Gasteiger partial charge in [-0.1, -0.05) is 0 Å². The van der Waals surface area contributed by atoms with E-state index in [-0.39, 0.29) is 18.4 Å². The minimum atomic E-state index is -0.464. The third kappa shape index (κ3) is 2.89. The molecule has 2 saturated heterocycles. The molecule has 2 amide bonds. The van der Waals surface area contributed by atoms with E-state index in [1.807, 2.05) is 30.0 Å². The molecule has 0 bridgehead atoms.